The molecule has 0 aliphatic heterocycles. The van der Waals surface area contributed by atoms with Crippen LogP contribution in [0.15, 0.2) is 65.6 Å². The summed E-state index contributed by atoms with van der Waals surface area (Å²) >= 11 is 6.19. The Hall–Kier alpha value is -2.66. The second-order valence-electron chi connectivity index (χ2n) is 10.6. The summed E-state index contributed by atoms with van der Waals surface area (Å²) in [5.41, 5.74) is 0.315. The van der Waals surface area contributed by atoms with Crippen LogP contribution < -0.4 is 4.74 Å². The summed E-state index contributed by atoms with van der Waals surface area (Å²) in [6.07, 6.45) is -2.83. The van der Waals surface area contributed by atoms with E-state index in [9.17, 15) is 31.1 Å². The van der Waals surface area contributed by atoms with Crippen LogP contribution in [0, 0.1) is 5.82 Å². The van der Waals surface area contributed by atoms with Crippen molar-refractivity contribution in [2.75, 3.05) is 32.6 Å². The second kappa shape index (κ2) is 13.5. The zero-order valence-electron chi connectivity index (χ0n) is 23.1. The standard InChI is InChI=1S/C30H34ClF4NO4S/c1-29(2,23-9-11-24(32)12-10-23)20-36(19-22-6-4-7-26(28(22)31)30(33,34)35)15-5-17-40-25-13-8-21(14-16-37)27(18-25)41(3,38)39/h4,6-13,18,37H,5,14-17,19-20H2,1-3H3. The average molecular weight is 616 g/mol. The van der Waals surface area contributed by atoms with Gasteiger partial charge in [0.1, 0.15) is 11.6 Å². The maximum atomic E-state index is 13.5. The molecule has 0 saturated heterocycles. The molecule has 1 N–H and O–H groups in total. The van der Waals surface area contributed by atoms with E-state index in [4.69, 9.17) is 16.3 Å². The number of benzene rings is 3. The van der Waals surface area contributed by atoms with E-state index in [0.29, 0.717) is 36.4 Å². The van der Waals surface area contributed by atoms with E-state index in [1.165, 1.54) is 24.3 Å². The van der Waals surface area contributed by atoms with Crippen molar-refractivity contribution in [3.8, 4) is 5.75 Å². The van der Waals surface area contributed by atoms with Crippen LogP contribution in [-0.4, -0.2) is 51.0 Å². The van der Waals surface area contributed by atoms with Gasteiger partial charge in [-0.15, -0.1) is 0 Å². The number of aliphatic hydroxyl groups excluding tert-OH is 1. The van der Waals surface area contributed by atoms with Gasteiger partial charge in [-0.25, -0.2) is 12.8 Å². The molecular weight excluding hydrogens is 582 g/mol. The lowest BCUT2D eigenvalue weighted by atomic mass is 9.84. The third-order valence-corrected chi connectivity index (χ3v) is 8.35. The number of ether oxygens (including phenoxy) is 1. The van der Waals surface area contributed by atoms with E-state index >= 15 is 0 Å². The fourth-order valence-corrected chi connectivity index (χ4v) is 5.97. The number of nitrogens with zero attached hydrogens (tertiary/aromatic N) is 1. The van der Waals surface area contributed by atoms with Gasteiger partial charge in [-0.3, -0.25) is 4.90 Å². The van der Waals surface area contributed by atoms with Gasteiger partial charge in [0.25, 0.3) is 0 Å². The number of hydrogen-bond acceptors (Lipinski definition) is 5. The molecular formula is C30H34ClF4NO4S. The van der Waals surface area contributed by atoms with Crippen molar-refractivity contribution in [3.63, 3.8) is 0 Å². The van der Waals surface area contributed by atoms with E-state index in [-0.39, 0.29) is 41.9 Å². The SMILES string of the molecule is CC(C)(CN(CCCOc1ccc(CCO)c(S(C)(=O)=O)c1)Cc1cccc(C(F)(F)F)c1Cl)c1ccc(F)cc1. The molecule has 0 spiro atoms. The molecule has 5 nitrogen and oxygen atoms in total. The molecule has 3 aromatic rings. The highest BCUT2D eigenvalue weighted by Gasteiger charge is 2.34. The molecule has 224 valence electrons. The van der Waals surface area contributed by atoms with Crippen molar-refractivity contribution in [2.45, 2.75) is 49.7 Å². The van der Waals surface area contributed by atoms with Gasteiger partial charge >= 0.3 is 6.18 Å². The quantitative estimate of drug-likeness (QED) is 0.172. The van der Waals surface area contributed by atoms with Gasteiger partial charge in [0.2, 0.25) is 0 Å². The maximum absolute atomic E-state index is 13.5. The minimum absolute atomic E-state index is 0.0888. The highest BCUT2D eigenvalue weighted by Crippen LogP contribution is 2.37. The predicted molar refractivity (Wildman–Crippen MR) is 152 cm³/mol. The number of alkyl halides is 3. The van der Waals surface area contributed by atoms with Gasteiger partial charge < -0.3 is 9.84 Å². The fraction of sp³-hybridized carbons (Fsp3) is 0.400. The van der Waals surface area contributed by atoms with E-state index in [1.54, 1.807) is 30.3 Å². The molecule has 0 amide bonds. The first-order valence-electron chi connectivity index (χ1n) is 13.0. The second-order valence-corrected chi connectivity index (χ2v) is 13.0. The van der Waals surface area contributed by atoms with Crippen LogP contribution >= 0.6 is 11.6 Å². The third-order valence-electron chi connectivity index (χ3n) is 6.73. The molecule has 11 heteroatoms. The van der Waals surface area contributed by atoms with E-state index in [0.717, 1.165) is 17.9 Å². The summed E-state index contributed by atoms with van der Waals surface area (Å²) in [6, 6.07) is 14.6. The van der Waals surface area contributed by atoms with Crippen LogP contribution in [0.25, 0.3) is 0 Å². The highest BCUT2D eigenvalue weighted by atomic mass is 35.5. The Balaban J connectivity index is 1.78. The Morgan fingerprint density at radius 3 is 2.29 bits per heavy atom. The van der Waals surface area contributed by atoms with Crippen LogP contribution in [0.2, 0.25) is 5.02 Å². The molecule has 0 aromatic heterocycles. The molecule has 0 aliphatic rings. The third kappa shape index (κ3) is 9.16. The Morgan fingerprint density at radius 2 is 1.68 bits per heavy atom. The molecule has 3 rings (SSSR count). The molecule has 41 heavy (non-hydrogen) atoms. The summed E-state index contributed by atoms with van der Waals surface area (Å²) in [5, 5.41) is 8.89. The van der Waals surface area contributed by atoms with Crippen LogP contribution in [0.1, 0.15) is 42.5 Å². The molecule has 3 aromatic carbocycles. The number of aliphatic hydroxyl groups is 1. The molecule has 0 radical (unpaired) electrons. The summed E-state index contributed by atoms with van der Waals surface area (Å²) in [4.78, 5) is 2.06. The van der Waals surface area contributed by atoms with Gasteiger partial charge in [0.15, 0.2) is 9.84 Å². The first-order chi connectivity index (χ1) is 19.1. The van der Waals surface area contributed by atoms with Crippen LogP contribution in [0.5, 0.6) is 5.75 Å². The molecule has 0 bridgehead atoms. The molecule has 0 saturated carbocycles. The summed E-state index contributed by atoms with van der Waals surface area (Å²) in [6.45, 7) is 4.96. The van der Waals surface area contributed by atoms with E-state index < -0.39 is 27.0 Å². The lowest BCUT2D eigenvalue weighted by Gasteiger charge is -2.34. The van der Waals surface area contributed by atoms with E-state index in [2.05, 4.69) is 0 Å². The Morgan fingerprint density at radius 1 is 1.00 bits per heavy atom. The first kappa shape index (κ1) is 32.8. The lowest BCUT2D eigenvalue weighted by molar-refractivity contribution is -0.137. The Kier molecular flexibility index (Phi) is 10.9. The van der Waals surface area contributed by atoms with Crippen molar-refractivity contribution in [1.82, 2.24) is 4.90 Å². The number of hydrogen-bond donors (Lipinski definition) is 1. The topological polar surface area (TPSA) is 66.8 Å². The Labute approximate surface area is 243 Å². The first-order valence-corrected chi connectivity index (χ1v) is 15.3. The largest absolute Gasteiger partial charge is 0.494 e. The van der Waals surface area contributed by atoms with Gasteiger partial charge in [-0.2, -0.15) is 13.2 Å². The van der Waals surface area contributed by atoms with Gasteiger partial charge in [0, 0.05) is 37.9 Å². The van der Waals surface area contributed by atoms with Crippen LogP contribution in [0.4, 0.5) is 17.6 Å². The number of sulfone groups is 1. The van der Waals surface area contributed by atoms with Crippen molar-refractivity contribution >= 4 is 21.4 Å². The van der Waals surface area contributed by atoms with Crippen LogP contribution in [0.3, 0.4) is 0 Å². The average Bonchev–Trinajstić information content (AvgIpc) is 2.87. The molecule has 0 fully saturated rings. The smallest absolute Gasteiger partial charge is 0.417 e. The lowest BCUT2D eigenvalue weighted by Crippen LogP contribution is -2.38. The molecule has 0 aliphatic carbocycles. The summed E-state index contributed by atoms with van der Waals surface area (Å²) in [5.74, 6) is -0.0102. The van der Waals surface area contributed by atoms with E-state index in [1.807, 2.05) is 18.7 Å². The fourth-order valence-electron chi connectivity index (χ4n) is 4.70. The van der Waals surface area contributed by atoms with Crippen molar-refractivity contribution in [1.29, 1.82) is 0 Å². The molecule has 0 atom stereocenters. The zero-order valence-corrected chi connectivity index (χ0v) is 24.7. The van der Waals surface area contributed by atoms with Crippen molar-refractivity contribution in [2.24, 2.45) is 0 Å². The summed E-state index contributed by atoms with van der Waals surface area (Å²) < 4.78 is 84.2. The minimum Gasteiger partial charge on any atom is -0.494 e. The highest BCUT2D eigenvalue weighted by molar-refractivity contribution is 7.90. The molecule has 0 heterocycles. The predicted octanol–water partition coefficient (Wildman–Crippen LogP) is 6.69. The summed E-state index contributed by atoms with van der Waals surface area (Å²) in [7, 11) is -3.54. The van der Waals surface area contributed by atoms with Crippen LogP contribution in [-0.2, 0) is 34.4 Å². The van der Waals surface area contributed by atoms with Crippen molar-refractivity contribution in [3.05, 3.63) is 93.8 Å². The number of halogens is 5. The van der Waals surface area contributed by atoms with Crippen molar-refractivity contribution < 1.29 is 35.8 Å². The van der Waals surface area contributed by atoms with Gasteiger partial charge in [-0.05, 0) is 59.9 Å². The normalized spacial score (nSPS) is 12.6. The molecule has 0 unspecified atom stereocenters. The Bertz CT molecular complexity index is 1430. The minimum atomic E-state index is -4.59. The monoisotopic (exact) mass is 615 g/mol. The number of rotatable bonds is 13. The van der Waals surface area contributed by atoms with Gasteiger partial charge in [0.05, 0.1) is 22.1 Å². The van der Waals surface area contributed by atoms with Gasteiger partial charge in [-0.1, -0.05) is 55.8 Å². The maximum Gasteiger partial charge on any atom is 0.417 e. The zero-order chi connectivity index (χ0) is 30.4.